The first kappa shape index (κ1) is 21.3. The van der Waals surface area contributed by atoms with Crippen molar-refractivity contribution in [3.63, 3.8) is 0 Å². The largest absolute Gasteiger partial charge is 0.508 e. The van der Waals surface area contributed by atoms with Crippen molar-refractivity contribution in [1.82, 2.24) is 9.97 Å². The molecule has 8 heteroatoms. The lowest BCUT2D eigenvalue weighted by Crippen LogP contribution is -2.47. The molecule has 0 saturated carbocycles. The Balaban J connectivity index is 1.40. The van der Waals surface area contributed by atoms with Crippen molar-refractivity contribution < 1.29 is 14.6 Å². The van der Waals surface area contributed by atoms with E-state index in [0.29, 0.717) is 19.2 Å². The summed E-state index contributed by atoms with van der Waals surface area (Å²) in [4.78, 5) is 16.6. The first-order chi connectivity index (χ1) is 16.2. The highest BCUT2D eigenvalue weighted by Crippen LogP contribution is 2.29. The van der Waals surface area contributed by atoms with Gasteiger partial charge in [-0.2, -0.15) is 4.98 Å². The van der Waals surface area contributed by atoms with E-state index >= 15 is 0 Å². The van der Waals surface area contributed by atoms with Crippen LogP contribution >= 0.6 is 0 Å². The van der Waals surface area contributed by atoms with Gasteiger partial charge in [-0.3, -0.25) is 0 Å². The lowest BCUT2D eigenvalue weighted by atomic mass is 10.1. The molecule has 2 aliphatic rings. The summed E-state index contributed by atoms with van der Waals surface area (Å²) in [5, 5.41) is 9.99. The monoisotopic (exact) mass is 447 g/mol. The van der Waals surface area contributed by atoms with E-state index in [0.717, 1.165) is 62.1 Å². The molecule has 0 unspecified atom stereocenters. The van der Waals surface area contributed by atoms with Crippen molar-refractivity contribution in [2.45, 2.75) is 0 Å². The van der Waals surface area contributed by atoms with Crippen LogP contribution in [0.3, 0.4) is 0 Å². The Morgan fingerprint density at radius 2 is 1.58 bits per heavy atom. The molecule has 1 aromatic heterocycles. The third kappa shape index (κ3) is 4.80. The maximum Gasteiger partial charge on any atom is 0.228 e. The van der Waals surface area contributed by atoms with Crippen LogP contribution in [0.2, 0.25) is 0 Å². The Bertz CT molecular complexity index is 1090. The average Bonchev–Trinajstić information content (AvgIpc) is 2.89. The van der Waals surface area contributed by atoms with Crippen LogP contribution in [0.4, 0.5) is 17.5 Å². The number of aromatic nitrogens is 2. The minimum Gasteiger partial charge on any atom is -0.508 e. The number of nitrogens with zero attached hydrogens (tertiary/aromatic N) is 5. The van der Waals surface area contributed by atoms with Crippen molar-refractivity contribution in [3.8, 4) is 22.8 Å². The molecule has 0 amide bonds. The molecule has 2 aromatic carbocycles. The molecule has 3 heterocycles. The number of ether oxygens (including phenoxy) is 2. The van der Waals surface area contributed by atoms with E-state index in [-0.39, 0.29) is 5.75 Å². The Kier molecular flexibility index (Phi) is 6.17. The van der Waals surface area contributed by atoms with E-state index in [1.165, 1.54) is 5.69 Å². The van der Waals surface area contributed by atoms with Gasteiger partial charge in [-0.1, -0.05) is 18.2 Å². The predicted octanol–water partition coefficient (Wildman–Crippen LogP) is 3.02. The normalized spacial score (nSPS) is 16.7. The van der Waals surface area contributed by atoms with Crippen LogP contribution in [0.1, 0.15) is 0 Å². The summed E-state index contributed by atoms with van der Waals surface area (Å²) < 4.78 is 10.9. The number of benzene rings is 2. The van der Waals surface area contributed by atoms with Crippen molar-refractivity contribution in [2.24, 2.45) is 0 Å². The van der Waals surface area contributed by atoms with Gasteiger partial charge in [0.2, 0.25) is 5.95 Å². The van der Waals surface area contributed by atoms with Crippen LogP contribution < -0.4 is 19.4 Å². The lowest BCUT2D eigenvalue weighted by molar-refractivity contribution is 0.122. The quantitative estimate of drug-likeness (QED) is 0.640. The van der Waals surface area contributed by atoms with Crippen molar-refractivity contribution >= 4 is 17.5 Å². The fourth-order valence-electron chi connectivity index (χ4n) is 4.30. The number of methoxy groups -OCH3 is 1. The van der Waals surface area contributed by atoms with Gasteiger partial charge in [0.1, 0.15) is 17.3 Å². The minimum atomic E-state index is 0.229. The number of hydrogen-bond donors (Lipinski definition) is 1. The highest BCUT2D eigenvalue weighted by molar-refractivity contribution is 5.67. The van der Waals surface area contributed by atoms with Crippen molar-refractivity contribution in [2.75, 3.05) is 74.3 Å². The Morgan fingerprint density at radius 3 is 2.33 bits per heavy atom. The second kappa shape index (κ2) is 9.54. The molecular weight excluding hydrogens is 418 g/mol. The summed E-state index contributed by atoms with van der Waals surface area (Å²) in [6.45, 7) is 6.39. The highest BCUT2D eigenvalue weighted by Gasteiger charge is 2.22. The van der Waals surface area contributed by atoms with Gasteiger partial charge < -0.3 is 29.3 Å². The zero-order valence-electron chi connectivity index (χ0n) is 18.9. The first-order valence-corrected chi connectivity index (χ1v) is 11.3. The standard InChI is InChI=1S/C25H29N5O3/c1-32-22-7-3-5-20(17-22)28-8-10-29(11-9-28)24-18-23(19-4-2-6-21(31)16-19)26-25(27-24)30-12-14-33-15-13-30/h2-7,16-18,31H,8-15H2,1H3. The van der Waals surface area contributed by atoms with Gasteiger partial charge in [0.15, 0.2) is 0 Å². The predicted molar refractivity (Wildman–Crippen MR) is 130 cm³/mol. The molecular formula is C25H29N5O3. The number of phenols is 1. The van der Waals surface area contributed by atoms with Crippen LogP contribution in [-0.2, 0) is 4.74 Å². The molecule has 0 radical (unpaired) electrons. The number of hydrogen-bond acceptors (Lipinski definition) is 8. The van der Waals surface area contributed by atoms with E-state index in [1.807, 2.05) is 30.3 Å². The van der Waals surface area contributed by atoms with Gasteiger partial charge in [-0.15, -0.1) is 0 Å². The second-order valence-electron chi connectivity index (χ2n) is 8.24. The number of morpholine rings is 1. The summed E-state index contributed by atoms with van der Waals surface area (Å²) in [5.74, 6) is 2.73. The minimum absolute atomic E-state index is 0.229. The molecule has 3 aromatic rings. The molecule has 8 nitrogen and oxygen atoms in total. The first-order valence-electron chi connectivity index (χ1n) is 11.3. The number of phenolic OH excluding ortho intramolecular Hbond substituents is 1. The molecule has 0 aliphatic carbocycles. The van der Waals surface area contributed by atoms with Crippen molar-refractivity contribution in [1.29, 1.82) is 0 Å². The summed E-state index contributed by atoms with van der Waals surface area (Å²) in [6, 6.07) is 17.5. The molecule has 33 heavy (non-hydrogen) atoms. The van der Waals surface area contributed by atoms with Crippen LogP contribution in [-0.4, -0.2) is 74.7 Å². The maximum atomic E-state index is 9.99. The van der Waals surface area contributed by atoms with Gasteiger partial charge in [-0.05, 0) is 24.3 Å². The summed E-state index contributed by atoms with van der Waals surface area (Å²) in [5.41, 5.74) is 2.86. The summed E-state index contributed by atoms with van der Waals surface area (Å²) >= 11 is 0. The molecule has 172 valence electrons. The Morgan fingerprint density at radius 1 is 0.818 bits per heavy atom. The van der Waals surface area contributed by atoms with Gasteiger partial charge in [-0.25, -0.2) is 4.98 Å². The fraction of sp³-hybridized carbons (Fsp3) is 0.360. The third-order valence-corrected chi connectivity index (χ3v) is 6.16. The lowest BCUT2D eigenvalue weighted by Gasteiger charge is -2.37. The molecule has 1 N–H and O–H groups in total. The van der Waals surface area contributed by atoms with Crippen LogP contribution in [0.5, 0.6) is 11.5 Å². The van der Waals surface area contributed by atoms with E-state index in [2.05, 4.69) is 26.8 Å². The zero-order valence-corrected chi connectivity index (χ0v) is 18.9. The van der Waals surface area contributed by atoms with Crippen LogP contribution in [0.25, 0.3) is 11.3 Å². The average molecular weight is 448 g/mol. The molecule has 2 aliphatic heterocycles. The van der Waals surface area contributed by atoms with Crippen LogP contribution in [0.15, 0.2) is 54.6 Å². The topological polar surface area (TPSA) is 74.2 Å². The van der Waals surface area contributed by atoms with E-state index < -0.39 is 0 Å². The molecule has 0 bridgehead atoms. The van der Waals surface area contributed by atoms with Gasteiger partial charge >= 0.3 is 0 Å². The number of piperazine rings is 1. The third-order valence-electron chi connectivity index (χ3n) is 6.16. The van der Waals surface area contributed by atoms with Gasteiger partial charge in [0.05, 0.1) is 26.0 Å². The maximum absolute atomic E-state index is 9.99. The van der Waals surface area contributed by atoms with Gasteiger partial charge in [0, 0.05) is 62.7 Å². The molecule has 5 rings (SSSR count). The summed E-state index contributed by atoms with van der Waals surface area (Å²) in [7, 11) is 1.70. The molecule has 2 saturated heterocycles. The van der Waals surface area contributed by atoms with E-state index in [1.54, 1.807) is 19.2 Å². The summed E-state index contributed by atoms with van der Waals surface area (Å²) in [6.07, 6.45) is 0. The number of aromatic hydroxyl groups is 1. The Labute approximate surface area is 194 Å². The van der Waals surface area contributed by atoms with Gasteiger partial charge in [0.25, 0.3) is 0 Å². The molecule has 0 atom stereocenters. The number of rotatable bonds is 5. The highest BCUT2D eigenvalue weighted by atomic mass is 16.5. The number of anilines is 3. The smallest absolute Gasteiger partial charge is 0.228 e. The van der Waals surface area contributed by atoms with Crippen molar-refractivity contribution in [3.05, 3.63) is 54.6 Å². The second-order valence-corrected chi connectivity index (χ2v) is 8.24. The van der Waals surface area contributed by atoms with E-state index in [4.69, 9.17) is 19.4 Å². The fourth-order valence-corrected chi connectivity index (χ4v) is 4.30. The SMILES string of the molecule is COc1cccc(N2CCN(c3cc(-c4cccc(O)c4)nc(N4CCOCC4)n3)CC2)c1. The van der Waals surface area contributed by atoms with Crippen LogP contribution in [0, 0.1) is 0 Å². The zero-order chi connectivity index (χ0) is 22.6. The van der Waals surface area contributed by atoms with E-state index in [9.17, 15) is 5.11 Å². The molecule has 0 spiro atoms. The Hall–Kier alpha value is -3.52. The molecule has 2 fully saturated rings.